The molecule has 1 aromatic heterocycles. The van der Waals surface area contributed by atoms with Crippen LogP contribution in [0.3, 0.4) is 0 Å². The van der Waals surface area contributed by atoms with Gasteiger partial charge in [0, 0.05) is 22.4 Å². The maximum Gasteiger partial charge on any atom is 0.107 e. The van der Waals surface area contributed by atoms with Crippen LogP contribution in [0.4, 0.5) is 0 Å². The Morgan fingerprint density at radius 2 is 2.13 bits per heavy atom. The van der Waals surface area contributed by atoms with Gasteiger partial charge in [-0.1, -0.05) is 20.8 Å². The highest BCUT2D eigenvalue weighted by Gasteiger charge is 2.28. The molecule has 2 N–H and O–H groups in total. The Kier molecular flexibility index (Phi) is 2.88. The fourth-order valence-corrected chi connectivity index (χ4v) is 3.00. The van der Waals surface area contributed by atoms with Crippen molar-refractivity contribution in [2.24, 2.45) is 5.73 Å². The van der Waals surface area contributed by atoms with Crippen LogP contribution in [0, 0.1) is 0 Å². The largest absolute Gasteiger partial charge is 0.371 e. The van der Waals surface area contributed by atoms with Crippen LogP contribution in [-0.4, -0.2) is 12.6 Å². The molecule has 1 fully saturated rings. The van der Waals surface area contributed by atoms with Crippen molar-refractivity contribution in [1.29, 1.82) is 0 Å². The average Bonchev–Trinajstić information content (AvgIpc) is 2.69. The average molecular weight is 225 g/mol. The molecule has 2 rings (SSSR count). The molecule has 2 atom stereocenters. The molecule has 1 aliphatic rings. The molecule has 0 bridgehead atoms. The van der Waals surface area contributed by atoms with Crippen LogP contribution in [0.25, 0.3) is 0 Å². The molecule has 2 unspecified atom stereocenters. The first-order valence-corrected chi connectivity index (χ1v) is 6.27. The van der Waals surface area contributed by atoms with E-state index in [0.29, 0.717) is 0 Å². The van der Waals surface area contributed by atoms with E-state index in [1.807, 2.05) is 11.3 Å². The normalized spacial score (nSPS) is 27.2. The van der Waals surface area contributed by atoms with Gasteiger partial charge in [0.15, 0.2) is 0 Å². The second-order valence-corrected chi connectivity index (χ2v) is 6.31. The lowest BCUT2D eigenvalue weighted by atomic mass is 9.95. The van der Waals surface area contributed by atoms with Crippen molar-refractivity contribution in [3.05, 3.63) is 21.9 Å². The van der Waals surface area contributed by atoms with Gasteiger partial charge in [-0.25, -0.2) is 0 Å². The van der Waals surface area contributed by atoms with E-state index in [1.165, 1.54) is 9.75 Å². The standard InChI is InChI=1S/C12H19NOS/c1-12(2,3)10-5-4-9(15-10)11-8(13)6-7-14-11/h4-5,8,11H,6-7,13H2,1-3H3. The summed E-state index contributed by atoms with van der Waals surface area (Å²) in [7, 11) is 0. The minimum Gasteiger partial charge on any atom is -0.371 e. The van der Waals surface area contributed by atoms with Crippen LogP contribution in [0.2, 0.25) is 0 Å². The molecule has 2 heterocycles. The van der Waals surface area contributed by atoms with Crippen LogP contribution < -0.4 is 5.73 Å². The lowest BCUT2D eigenvalue weighted by Crippen LogP contribution is -2.22. The van der Waals surface area contributed by atoms with Gasteiger partial charge in [0.2, 0.25) is 0 Å². The first-order valence-electron chi connectivity index (χ1n) is 5.46. The molecule has 2 nitrogen and oxygen atoms in total. The summed E-state index contributed by atoms with van der Waals surface area (Å²) in [4.78, 5) is 2.69. The summed E-state index contributed by atoms with van der Waals surface area (Å²) in [5.41, 5.74) is 6.24. The van der Waals surface area contributed by atoms with E-state index in [2.05, 4.69) is 32.9 Å². The minimum absolute atomic E-state index is 0.131. The summed E-state index contributed by atoms with van der Waals surface area (Å²) in [5.74, 6) is 0. The molecule has 3 heteroatoms. The summed E-state index contributed by atoms with van der Waals surface area (Å²) in [6.07, 6.45) is 1.11. The molecule has 84 valence electrons. The first-order chi connectivity index (χ1) is 6.98. The van der Waals surface area contributed by atoms with Crippen molar-refractivity contribution < 1.29 is 4.74 Å². The minimum atomic E-state index is 0.131. The topological polar surface area (TPSA) is 35.2 Å². The van der Waals surface area contributed by atoms with Gasteiger partial charge in [0.05, 0.1) is 0 Å². The predicted octanol–water partition coefficient (Wildman–Crippen LogP) is 2.83. The highest BCUT2D eigenvalue weighted by molar-refractivity contribution is 7.12. The molecular weight excluding hydrogens is 206 g/mol. The third-order valence-corrected chi connectivity index (χ3v) is 4.36. The molecule has 1 saturated heterocycles. The van der Waals surface area contributed by atoms with Crippen molar-refractivity contribution >= 4 is 11.3 Å². The van der Waals surface area contributed by atoms with Gasteiger partial charge in [-0.3, -0.25) is 0 Å². The maximum atomic E-state index is 6.01. The number of ether oxygens (including phenoxy) is 1. The second kappa shape index (κ2) is 3.89. The van der Waals surface area contributed by atoms with Crippen molar-refractivity contribution in [1.82, 2.24) is 0 Å². The molecule has 1 aromatic rings. The SMILES string of the molecule is CC(C)(C)c1ccc(C2OCCC2N)s1. The van der Waals surface area contributed by atoms with Crippen molar-refractivity contribution in [3.8, 4) is 0 Å². The maximum absolute atomic E-state index is 6.01. The fourth-order valence-electron chi connectivity index (χ4n) is 1.81. The number of hydrogen-bond acceptors (Lipinski definition) is 3. The summed E-state index contributed by atoms with van der Waals surface area (Å²) < 4.78 is 5.66. The Hall–Kier alpha value is -0.380. The van der Waals surface area contributed by atoms with Crippen molar-refractivity contribution in [2.45, 2.75) is 44.8 Å². The summed E-state index contributed by atoms with van der Waals surface area (Å²) in [5, 5.41) is 0. The van der Waals surface area contributed by atoms with Crippen molar-refractivity contribution in [2.75, 3.05) is 6.61 Å². The van der Waals surface area contributed by atoms with E-state index in [0.717, 1.165) is 13.0 Å². The Morgan fingerprint density at radius 3 is 2.60 bits per heavy atom. The van der Waals surface area contributed by atoms with Crippen LogP contribution in [0.1, 0.15) is 43.1 Å². The zero-order valence-electron chi connectivity index (χ0n) is 9.62. The smallest absolute Gasteiger partial charge is 0.107 e. The van der Waals surface area contributed by atoms with Gasteiger partial charge in [-0.2, -0.15) is 0 Å². The molecular formula is C12H19NOS. The number of rotatable bonds is 1. The monoisotopic (exact) mass is 225 g/mol. The van der Waals surface area contributed by atoms with E-state index in [-0.39, 0.29) is 17.6 Å². The zero-order chi connectivity index (χ0) is 11.1. The highest BCUT2D eigenvalue weighted by Crippen LogP contribution is 2.36. The molecule has 0 radical (unpaired) electrons. The van der Waals surface area contributed by atoms with Crippen LogP contribution >= 0.6 is 11.3 Å². The summed E-state index contributed by atoms with van der Waals surface area (Å²) >= 11 is 1.84. The Labute approximate surface area is 95.4 Å². The van der Waals surface area contributed by atoms with Gasteiger partial charge < -0.3 is 10.5 Å². The summed E-state index contributed by atoms with van der Waals surface area (Å²) in [6, 6.07) is 4.55. The van der Waals surface area contributed by atoms with Crippen LogP contribution in [0.5, 0.6) is 0 Å². The Morgan fingerprint density at radius 1 is 1.40 bits per heavy atom. The Bertz CT molecular complexity index is 340. The molecule has 0 spiro atoms. The first kappa shape index (κ1) is 11.1. The van der Waals surface area contributed by atoms with Crippen LogP contribution in [-0.2, 0) is 10.2 Å². The van der Waals surface area contributed by atoms with Gasteiger partial charge in [-0.05, 0) is 24.0 Å². The van der Waals surface area contributed by atoms with Crippen LogP contribution in [0.15, 0.2) is 12.1 Å². The molecule has 0 amide bonds. The van der Waals surface area contributed by atoms with Gasteiger partial charge in [0.25, 0.3) is 0 Å². The van der Waals surface area contributed by atoms with E-state index in [4.69, 9.17) is 10.5 Å². The lowest BCUT2D eigenvalue weighted by molar-refractivity contribution is 0.108. The predicted molar refractivity (Wildman–Crippen MR) is 64.3 cm³/mol. The molecule has 1 aliphatic heterocycles. The van der Waals surface area contributed by atoms with Gasteiger partial charge in [-0.15, -0.1) is 11.3 Å². The van der Waals surface area contributed by atoms with Gasteiger partial charge >= 0.3 is 0 Å². The summed E-state index contributed by atoms with van der Waals surface area (Å²) in [6.45, 7) is 7.50. The molecule has 0 aromatic carbocycles. The number of nitrogens with two attached hydrogens (primary N) is 1. The van der Waals surface area contributed by atoms with Gasteiger partial charge in [0.1, 0.15) is 6.10 Å². The van der Waals surface area contributed by atoms with E-state index < -0.39 is 0 Å². The second-order valence-electron chi connectivity index (χ2n) is 5.20. The fraction of sp³-hybridized carbons (Fsp3) is 0.667. The number of thiophene rings is 1. The van der Waals surface area contributed by atoms with E-state index in [1.54, 1.807) is 0 Å². The molecule has 0 saturated carbocycles. The quantitative estimate of drug-likeness (QED) is 0.797. The number of hydrogen-bond donors (Lipinski definition) is 1. The third kappa shape index (κ3) is 2.25. The van der Waals surface area contributed by atoms with Crippen molar-refractivity contribution in [3.63, 3.8) is 0 Å². The highest BCUT2D eigenvalue weighted by atomic mass is 32.1. The molecule has 15 heavy (non-hydrogen) atoms. The Balaban J connectivity index is 2.20. The zero-order valence-corrected chi connectivity index (χ0v) is 10.4. The van der Waals surface area contributed by atoms with E-state index >= 15 is 0 Å². The van der Waals surface area contributed by atoms with E-state index in [9.17, 15) is 0 Å². The lowest BCUT2D eigenvalue weighted by Gasteiger charge is -2.16. The third-order valence-electron chi connectivity index (χ3n) is 2.78. The molecule has 0 aliphatic carbocycles.